The van der Waals surface area contributed by atoms with Gasteiger partial charge in [-0.05, 0) is 38.0 Å². The number of aliphatic carboxylic acids is 1. The van der Waals surface area contributed by atoms with Gasteiger partial charge in [0.25, 0.3) is 0 Å². The van der Waals surface area contributed by atoms with Crippen LogP contribution in [-0.2, 0) is 4.79 Å². The first-order valence-electron chi connectivity index (χ1n) is 6.22. The van der Waals surface area contributed by atoms with Crippen LogP contribution in [0.15, 0.2) is 24.3 Å². The fraction of sp³-hybridized carbons (Fsp3) is 0.500. The maximum atomic E-state index is 10.9. The molecule has 1 atom stereocenters. The topological polar surface area (TPSA) is 60.8 Å². The first-order chi connectivity index (χ1) is 8.45. The highest BCUT2D eigenvalue weighted by Gasteiger charge is 2.23. The third-order valence-corrected chi connectivity index (χ3v) is 3.05. The second-order valence-electron chi connectivity index (χ2n) is 4.68. The van der Waals surface area contributed by atoms with Crippen LogP contribution in [0, 0.1) is 0 Å². The second kappa shape index (κ2) is 6.40. The molecule has 0 saturated heterocycles. The fourth-order valence-corrected chi connectivity index (χ4v) is 2.17. The molecule has 0 aliphatic carbocycles. The van der Waals surface area contributed by atoms with Gasteiger partial charge in [0.1, 0.15) is 5.75 Å². The van der Waals surface area contributed by atoms with Gasteiger partial charge in [0.15, 0.2) is 0 Å². The zero-order valence-electron chi connectivity index (χ0n) is 11.1. The molecule has 1 unspecified atom stereocenters. The Morgan fingerprint density at radius 2 is 1.83 bits per heavy atom. The minimum absolute atomic E-state index is 0.0249. The number of carbonyl (C=O) groups is 1. The Labute approximate surface area is 108 Å². The zero-order valence-corrected chi connectivity index (χ0v) is 11.1. The number of phenols is 1. The van der Waals surface area contributed by atoms with Crippen LogP contribution in [0.2, 0.25) is 0 Å². The quantitative estimate of drug-likeness (QED) is 0.816. The van der Waals surface area contributed by atoms with Crippen LogP contribution in [0.5, 0.6) is 5.75 Å². The molecule has 2 N–H and O–H groups in total. The van der Waals surface area contributed by atoms with Crippen LogP contribution in [-0.4, -0.2) is 33.7 Å². The second-order valence-corrected chi connectivity index (χ2v) is 4.68. The molecule has 0 bridgehead atoms. The zero-order chi connectivity index (χ0) is 13.7. The van der Waals surface area contributed by atoms with Gasteiger partial charge in [0, 0.05) is 12.1 Å². The van der Waals surface area contributed by atoms with E-state index in [2.05, 4.69) is 0 Å². The number of aromatic hydroxyl groups is 1. The number of rotatable bonds is 6. The van der Waals surface area contributed by atoms with Crippen molar-refractivity contribution >= 4 is 5.97 Å². The number of hydrogen-bond acceptors (Lipinski definition) is 3. The summed E-state index contributed by atoms with van der Waals surface area (Å²) in [7, 11) is 0. The highest BCUT2D eigenvalue weighted by molar-refractivity contribution is 5.69. The number of carboxylic acids is 1. The molecule has 0 aromatic heterocycles. The van der Waals surface area contributed by atoms with Gasteiger partial charge in [-0.2, -0.15) is 0 Å². The van der Waals surface area contributed by atoms with E-state index in [4.69, 9.17) is 5.11 Å². The predicted octanol–water partition coefficient (Wildman–Crippen LogP) is 2.64. The first kappa shape index (κ1) is 14.5. The Morgan fingerprint density at radius 3 is 2.22 bits per heavy atom. The summed E-state index contributed by atoms with van der Waals surface area (Å²) in [6, 6.07) is 7.18. The third-order valence-electron chi connectivity index (χ3n) is 3.05. The van der Waals surface area contributed by atoms with Crippen molar-refractivity contribution in [2.75, 3.05) is 6.54 Å². The van der Waals surface area contributed by atoms with E-state index >= 15 is 0 Å². The van der Waals surface area contributed by atoms with Crippen LogP contribution >= 0.6 is 0 Å². The van der Waals surface area contributed by atoms with E-state index in [0.717, 1.165) is 12.0 Å². The van der Waals surface area contributed by atoms with E-state index in [9.17, 15) is 9.90 Å². The van der Waals surface area contributed by atoms with Gasteiger partial charge in [-0.25, -0.2) is 0 Å². The van der Waals surface area contributed by atoms with Gasteiger partial charge in [0.05, 0.1) is 6.54 Å². The number of nitrogens with zero attached hydrogens (tertiary/aromatic N) is 1. The number of phenolic OH excluding ortho intramolecular Hbond substituents is 1. The predicted molar refractivity (Wildman–Crippen MR) is 70.6 cm³/mol. The Morgan fingerprint density at radius 1 is 1.28 bits per heavy atom. The van der Waals surface area contributed by atoms with Crippen LogP contribution in [0.4, 0.5) is 0 Å². The van der Waals surface area contributed by atoms with Crippen LogP contribution in [0.1, 0.15) is 38.8 Å². The molecule has 0 aliphatic rings. The highest BCUT2D eigenvalue weighted by atomic mass is 16.4. The standard InChI is InChI=1S/C14H21NO3/c1-4-13(11-5-7-12(16)8-6-11)15(10(2)3)9-14(17)18/h5-8,10,13,16H,4,9H2,1-3H3,(H,17,18). The first-order valence-corrected chi connectivity index (χ1v) is 6.22. The summed E-state index contributed by atoms with van der Waals surface area (Å²) in [6.07, 6.45) is 0.830. The van der Waals surface area contributed by atoms with Gasteiger partial charge in [-0.3, -0.25) is 9.69 Å². The third kappa shape index (κ3) is 3.74. The lowest BCUT2D eigenvalue weighted by molar-refractivity contribution is -0.139. The molecular formula is C14H21NO3. The molecule has 0 aliphatic heterocycles. The number of benzene rings is 1. The lowest BCUT2D eigenvalue weighted by atomic mass is 10.0. The molecule has 4 heteroatoms. The van der Waals surface area contributed by atoms with Crippen LogP contribution < -0.4 is 0 Å². The Kier molecular flexibility index (Phi) is 5.16. The highest BCUT2D eigenvalue weighted by Crippen LogP contribution is 2.27. The Bertz CT molecular complexity index is 387. The van der Waals surface area contributed by atoms with Gasteiger partial charge >= 0.3 is 5.97 Å². The molecule has 1 aromatic carbocycles. The summed E-state index contributed by atoms with van der Waals surface area (Å²) in [4.78, 5) is 12.9. The molecule has 0 fully saturated rings. The van der Waals surface area contributed by atoms with E-state index in [0.29, 0.717) is 0 Å². The fourth-order valence-electron chi connectivity index (χ4n) is 2.17. The molecule has 4 nitrogen and oxygen atoms in total. The van der Waals surface area contributed by atoms with Crippen molar-refractivity contribution in [2.45, 2.75) is 39.3 Å². The van der Waals surface area contributed by atoms with Gasteiger partial charge < -0.3 is 10.2 Å². The molecule has 0 heterocycles. The lowest BCUT2D eigenvalue weighted by Crippen LogP contribution is -2.38. The van der Waals surface area contributed by atoms with Crippen molar-refractivity contribution in [2.24, 2.45) is 0 Å². The summed E-state index contributed by atoms with van der Waals surface area (Å²) < 4.78 is 0. The summed E-state index contributed by atoms with van der Waals surface area (Å²) in [5.74, 6) is -0.594. The Balaban J connectivity index is 2.97. The normalized spacial score (nSPS) is 12.9. The van der Waals surface area contributed by atoms with Crippen molar-refractivity contribution in [3.63, 3.8) is 0 Å². The van der Waals surface area contributed by atoms with Crippen molar-refractivity contribution in [3.05, 3.63) is 29.8 Å². The van der Waals surface area contributed by atoms with E-state index in [-0.39, 0.29) is 24.4 Å². The van der Waals surface area contributed by atoms with Crippen molar-refractivity contribution in [1.82, 2.24) is 4.90 Å². The summed E-state index contributed by atoms with van der Waals surface area (Å²) in [5, 5.41) is 18.3. The summed E-state index contributed by atoms with van der Waals surface area (Å²) in [6.45, 7) is 6.05. The van der Waals surface area contributed by atoms with E-state index in [1.807, 2.05) is 37.8 Å². The monoisotopic (exact) mass is 251 g/mol. The SMILES string of the molecule is CCC(c1ccc(O)cc1)N(CC(=O)O)C(C)C. The molecule has 100 valence electrons. The molecule has 0 saturated carbocycles. The number of hydrogen-bond donors (Lipinski definition) is 2. The summed E-state index contributed by atoms with van der Waals surface area (Å²) in [5.41, 5.74) is 1.03. The maximum absolute atomic E-state index is 10.9. The summed E-state index contributed by atoms with van der Waals surface area (Å²) >= 11 is 0. The molecule has 0 spiro atoms. The van der Waals surface area contributed by atoms with E-state index in [1.54, 1.807) is 12.1 Å². The lowest BCUT2D eigenvalue weighted by Gasteiger charge is -2.33. The van der Waals surface area contributed by atoms with Gasteiger partial charge in [-0.15, -0.1) is 0 Å². The molecule has 1 rings (SSSR count). The molecule has 18 heavy (non-hydrogen) atoms. The van der Waals surface area contributed by atoms with Crippen LogP contribution in [0.25, 0.3) is 0 Å². The Hall–Kier alpha value is -1.55. The van der Waals surface area contributed by atoms with Gasteiger partial charge in [0.2, 0.25) is 0 Å². The van der Waals surface area contributed by atoms with Crippen molar-refractivity contribution in [1.29, 1.82) is 0 Å². The molecule has 0 amide bonds. The van der Waals surface area contributed by atoms with Gasteiger partial charge in [-0.1, -0.05) is 19.1 Å². The average molecular weight is 251 g/mol. The van der Waals surface area contributed by atoms with Crippen molar-refractivity contribution < 1.29 is 15.0 Å². The minimum atomic E-state index is -0.819. The largest absolute Gasteiger partial charge is 0.508 e. The maximum Gasteiger partial charge on any atom is 0.317 e. The molecule has 1 aromatic rings. The average Bonchev–Trinajstić information content (AvgIpc) is 2.30. The van der Waals surface area contributed by atoms with Crippen LogP contribution in [0.3, 0.4) is 0 Å². The molecular weight excluding hydrogens is 230 g/mol. The van der Waals surface area contributed by atoms with E-state index in [1.165, 1.54) is 0 Å². The van der Waals surface area contributed by atoms with Crippen molar-refractivity contribution in [3.8, 4) is 5.75 Å². The van der Waals surface area contributed by atoms with E-state index < -0.39 is 5.97 Å². The smallest absolute Gasteiger partial charge is 0.317 e. The minimum Gasteiger partial charge on any atom is -0.508 e. The molecule has 0 radical (unpaired) electrons. The number of carboxylic acid groups (broad SMARTS) is 1.